The van der Waals surface area contributed by atoms with Crippen LogP contribution < -0.4 is 18.9 Å². The molecule has 3 rings (SSSR count). The van der Waals surface area contributed by atoms with Crippen LogP contribution in [-0.2, 0) is 16.0 Å². The Morgan fingerprint density at radius 2 is 1.32 bits per heavy atom. The van der Waals surface area contributed by atoms with Crippen molar-refractivity contribution in [1.82, 2.24) is 0 Å². The van der Waals surface area contributed by atoms with Gasteiger partial charge in [0.25, 0.3) is 0 Å². The third-order valence-electron chi connectivity index (χ3n) is 6.86. The topological polar surface area (TPSA) is 97.4 Å². The van der Waals surface area contributed by atoms with Crippen LogP contribution in [0.25, 0.3) is 0 Å². The summed E-state index contributed by atoms with van der Waals surface area (Å²) in [5.74, 6) is -0.130. The third kappa shape index (κ3) is 11.6. The van der Waals surface area contributed by atoms with Crippen LogP contribution in [0.1, 0.15) is 84.6 Å². The largest absolute Gasteiger partial charge is 0.494 e. The van der Waals surface area contributed by atoms with E-state index in [0.29, 0.717) is 43.1 Å². The molecular weight excluding hydrogens is 560 g/mol. The van der Waals surface area contributed by atoms with Gasteiger partial charge in [-0.05, 0) is 85.8 Å². The highest BCUT2D eigenvalue weighted by Crippen LogP contribution is 2.30. The lowest BCUT2D eigenvalue weighted by Crippen LogP contribution is -2.11. The normalized spacial score (nSPS) is 10.5. The summed E-state index contributed by atoms with van der Waals surface area (Å²) in [7, 11) is 1.43. The lowest BCUT2D eigenvalue weighted by molar-refractivity contribution is -0.137. The van der Waals surface area contributed by atoms with E-state index in [4.69, 9.17) is 23.7 Å². The second-order valence-corrected chi connectivity index (χ2v) is 10.3. The Morgan fingerprint density at radius 3 is 2.02 bits per heavy atom. The highest BCUT2D eigenvalue weighted by Gasteiger charge is 2.17. The molecule has 234 valence electrons. The number of methoxy groups -OCH3 is 1. The van der Waals surface area contributed by atoms with Gasteiger partial charge in [0.05, 0.1) is 31.5 Å². The average molecular weight is 603 g/mol. The van der Waals surface area contributed by atoms with Crippen LogP contribution >= 0.6 is 0 Å². The van der Waals surface area contributed by atoms with Gasteiger partial charge in [-0.25, -0.2) is 14.4 Å². The van der Waals surface area contributed by atoms with Crippen molar-refractivity contribution in [3.63, 3.8) is 0 Å². The molecule has 0 fully saturated rings. The smallest absolute Gasteiger partial charge is 0.343 e. The summed E-state index contributed by atoms with van der Waals surface area (Å²) in [5.41, 5.74) is 1.80. The number of aryl methyl sites for hydroxylation is 1. The fourth-order valence-corrected chi connectivity index (χ4v) is 4.35. The molecule has 0 bridgehead atoms. The molecule has 8 heteroatoms. The molecule has 0 radical (unpaired) electrons. The van der Waals surface area contributed by atoms with Gasteiger partial charge in [-0.1, -0.05) is 57.7 Å². The SMILES string of the molecule is C=CC(=O)OCCCCOc1ccc(C(=O)Oc2ccc(C(=O)Oc3ccc(CCCCCCCC)cc3)cc2OC)cc1. The van der Waals surface area contributed by atoms with Crippen LogP contribution in [0, 0.1) is 0 Å². The molecule has 0 amide bonds. The first kappa shape index (κ1) is 33.9. The number of hydrogen-bond donors (Lipinski definition) is 0. The molecule has 0 heterocycles. The van der Waals surface area contributed by atoms with Crippen LogP contribution in [0.2, 0.25) is 0 Å². The van der Waals surface area contributed by atoms with Gasteiger partial charge in [0, 0.05) is 6.08 Å². The minimum absolute atomic E-state index is 0.172. The first-order chi connectivity index (χ1) is 21.4. The van der Waals surface area contributed by atoms with Gasteiger partial charge >= 0.3 is 17.9 Å². The number of carbonyl (C=O) groups excluding carboxylic acids is 3. The average Bonchev–Trinajstić information content (AvgIpc) is 3.05. The molecule has 44 heavy (non-hydrogen) atoms. The predicted molar refractivity (Wildman–Crippen MR) is 169 cm³/mol. The van der Waals surface area contributed by atoms with Crippen molar-refractivity contribution in [3.8, 4) is 23.0 Å². The molecule has 3 aromatic rings. The van der Waals surface area contributed by atoms with Crippen LogP contribution in [-0.4, -0.2) is 38.2 Å². The molecule has 0 unspecified atom stereocenters. The summed E-state index contributed by atoms with van der Waals surface area (Å²) in [4.78, 5) is 36.6. The zero-order valence-corrected chi connectivity index (χ0v) is 25.7. The first-order valence-electron chi connectivity index (χ1n) is 15.2. The Balaban J connectivity index is 1.47. The maximum absolute atomic E-state index is 12.8. The third-order valence-corrected chi connectivity index (χ3v) is 6.86. The van der Waals surface area contributed by atoms with E-state index in [9.17, 15) is 14.4 Å². The van der Waals surface area contributed by atoms with Gasteiger partial charge < -0.3 is 23.7 Å². The number of rotatable bonds is 19. The number of carbonyl (C=O) groups is 3. The fourth-order valence-electron chi connectivity index (χ4n) is 4.35. The molecule has 0 aliphatic carbocycles. The van der Waals surface area contributed by atoms with Crippen molar-refractivity contribution < 1.29 is 38.1 Å². The van der Waals surface area contributed by atoms with Gasteiger partial charge in [0.15, 0.2) is 11.5 Å². The molecule has 0 saturated carbocycles. The van der Waals surface area contributed by atoms with E-state index in [1.807, 2.05) is 12.1 Å². The lowest BCUT2D eigenvalue weighted by Gasteiger charge is -2.12. The second-order valence-electron chi connectivity index (χ2n) is 10.3. The van der Waals surface area contributed by atoms with Crippen LogP contribution in [0.3, 0.4) is 0 Å². The Hall–Kier alpha value is -4.59. The minimum Gasteiger partial charge on any atom is -0.494 e. The minimum atomic E-state index is -0.588. The van der Waals surface area contributed by atoms with Crippen LogP contribution in [0.5, 0.6) is 23.0 Å². The summed E-state index contributed by atoms with van der Waals surface area (Å²) in [5, 5.41) is 0. The van der Waals surface area contributed by atoms with E-state index >= 15 is 0 Å². The van der Waals surface area contributed by atoms with Gasteiger partial charge in [-0.3, -0.25) is 0 Å². The molecule has 0 spiro atoms. The predicted octanol–water partition coefficient (Wildman–Crippen LogP) is 7.92. The van der Waals surface area contributed by atoms with Crippen LogP contribution in [0.15, 0.2) is 79.4 Å². The Bertz CT molecular complexity index is 1350. The molecule has 3 aromatic carbocycles. The highest BCUT2D eigenvalue weighted by molar-refractivity contribution is 5.93. The van der Waals surface area contributed by atoms with E-state index in [2.05, 4.69) is 13.5 Å². The Kier molecular flexibility index (Phi) is 14.5. The Labute approximate surface area is 259 Å². The summed E-state index contributed by atoms with van der Waals surface area (Å²) in [6.07, 6.45) is 11.0. The van der Waals surface area contributed by atoms with E-state index in [1.54, 1.807) is 36.4 Å². The molecule has 8 nitrogen and oxygen atoms in total. The maximum Gasteiger partial charge on any atom is 0.343 e. The molecule has 0 aliphatic heterocycles. The molecule has 0 aromatic heterocycles. The monoisotopic (exact) mass is 602 g/mol. The summed E-state index contributed by atoms with van der Waals surface area (Å²) >= 11 is 0. The van der Waals surface area contributed by atoms with Crippen LogP contribution in [0.4, 0.5) is 0 Å². The molecule has 0 aliphatic rings. The number of esters is 3. The van der Waals surface area contributed by atoms with Gasteiger partial charge in [0.1, 0.15) is 11.5 Å². The van der Waals surface area contributed by atoms with E-state index in [1.165, 1.54) is 63.0 Å². The lowest BCUT2D eigenvalue weighted by atomic mass is 10.0. The van der Waals surface area contributed by atoms with Crippen molar-refractivity contribution in [2.75, 3.05) is 20.3 Å². The number of hydrogen-bond acceptors (Lipinski definition) is 8. The van der Waals surface area contributed by atoms with Crippen molar-refractivity contribution in [2.45, 2.75) is 64.7 Å². The molecule has 0 N–H and O–H groups in total. The zero-order valence-electron chi connectivity index (χ0n) is 25.7. The molecule has 0 saturated heterocycles. The van der Waals surface area contributed by atoms with E-state index in [-0.39, 0.29) is 17.1 Å². The van der Waals surface area contributed by atoms with E-state index in [0.717, 1.165) is 18.9 Å². The molecular formula is C36H42O8. The van der Waals surface area contributed by atoms with Gasteiger partial charge in [-0.2, -0.15) is 0 Å². The molecule has 0 atom stereocenters. The van der Waals surface area contributed by atoms with Crippen molar-refractivity contribution >= 4 is 17.9 Å². The summed E-state index contributed by atoms with van der Waals surface area (Å²) < 4.78 is 27.1. The first-order valence-corrected chi connectivity index (χ1v) is 15.2. The highest BCUT2D eigenvalue weighted by atomic mass is 16.6. The van der Waals surface area contributed by atoms with E-state index < -0.39 is 17.9 Å². The second kappa shape index (κ2) is 18.8. The maximum atomic E-state index is 12.8. The number of unbranched alkanes of at least 4 members (excludes halogenated alkanes) is 6. The summed E-state index contributed by atoms with van der Waals surface area (Å²) in [6.45, 7) is 6.31. The van der Waals surface area contributed by atoms with Crippen molar-refractivity contribution in [1.29, 1.82) is 0 Å². The number of ether oxygens (including phenoxy) is 5. The standard InChI is InChI=1S/C36H42O8/c1-4-6-7-8-9-10-13-27-14-19-31(20-15-27)43-36(39)29-18-23-32(33(26-29)40-3)44-35(38)28-16-21-30(22-17-28)41-24-11-12-25-42-34(37)5-2/h5,14-23,26H,2,4,6-13,24-25H2,1,3H3. The van der Waals surface area contributed by atoms with Crippen molar-refractivity contribution in [2.24, 2.45) is 0 Å². The van der Waals surface area contributed by atoms with Gasteiger partial charge in [-0.15, -0.1) is 0 Å². The fraction of sp³-hybridized carbons (Fsp3) is 0.361. The van der Waals surface area contributed by atoms with Gasteiger partial charge in [0.2, 0.25) is 0 Å². The zero-order chi connectivity index (χ0) is 31.6. The Morgan fingerprint density at radius 1 is 0.682 bits per heavy atom. The quantitative estimate of drug-likeness (QED) is 0.0591. The number of benzene rings is 3. The summed E-state index contributed by atoms with van der Waals surface area (Å²) in [6, 6.07) is 18.6. The van der Waals surface area contributed by atoms with Crippen molar-refractivity contribution in [3.05, 3.63) is 96.1 Å².